The molecule has 0 saturated carbocycles. The van der Waals surface area contributed by atoms with E-state index in [-0.39, 0.29) is 24.1 Å². The minimum Gasteiger partial charge on any atom is -0.508 e. The second-order valence-corrected chi connectivity index (χ2v) is 5.48. The number of likely N-dealkylation sites (tertiary alicyclic amines) is 1. The second kappa shape index (κ2) is 8.20. The van der Waals surface area contributed by atoms with E-state index < -0.39 is 5.41 Å². The molecule has 1 aromatic rings. The third-order valence-corrected chi connectivity index (χ3v) is 4.04. The summed E-state index contributed by atoms with van der Waals surface area (Å²) < 4.78 is 5.34. The third kappa shape index (κ3) is 3.81. The molecule has 1 saturated heterocycles. The van der Waals surface area contributed by atoms with Crippen LogP contribution in [0.5, 0.6) is 5.75 Å². The van der Waals surface area contributed by atoms with E-state index in [0.29, 0.717) is 13.2 Å². The minimum absolute atomic E-state index is 0. The quantitative estimate of drug-likeness (QED) is 0.668. The minimum atomic E-state index is -0.648. The predicted octanol–water partition coefficient (Wildman–Crippen LogP) is 2.90. The van der Waals surface area contributed by atoms with Crippen LogP contribution in [0, 0.1) is 0 Å². The van der Waals surface area contributed by atoms with Gasteiger partial charge >= 0.3 is 5.97 Å². The highest BCUT2D eigenvalue weighted by Gasteiger charge is 2.44. The Morgan fingerprint density at radius 3 is 2.73 bits per heavy atom. The van der Waals surface area contributed by atoms with Crippen LogP contribution in [0.3, 0.4) is 0 Å². The summed E-state index contributed by atoms with van der Waals surface area (Å²) in [6.45, 7) is 8.33. The molecule has 5 heteroatoms. The average molecular weight is 326 g/mol. The van der Waals surface area contributed by atoms with E-state index in [1.54, 1.807) is 12.1 Å². The van der Waals surface area contributed by atoms with Gasteiger partial charge < -0.3 is 9.84 Å². The maximum absolute atomic E-state index is 12.6. The van der Waals surface area contributed by atoms with Gasteiger partial charge in [-0.25, -0.2) is 0 Å². The number of ether oxygens (including phenoxy) is 1. The second-order valence-electron chi connectivity index (χ2n) is 5.48. The fraction of sp³-hybridized carbons (Fsp3) is 0.471. The number of benzene rings is 1. The van der Waals surface area contributed by atoms with Crippen molar-refractivity contribution >= 4 is 18.4 Å². The van der Waals surface area contributed by atoms with Crippen molar-refractivity contribution in [3.63, 3.8) is 0 Å². The summed E-state index contributed by atoms with van der Waals surface area (Å²) in [5.41, 5.74) is 0.262. The SMILES string of the molecule is C=CCN1CCCC(C(=O)OCC)(c2ccc(O)cc2)C1.Cl. The van der Waals surface area contributed by atoms with Gasteiger partial charge in [-0.05, 0) is 44.0 Å². The zero-order chi connectivity index (χ0) is 15.3. The molecule has 2 rings (SSSR count). The molecule has 1 heterocycles. The lowest BCUT2D eigenvalue weighted by Gasteiger charge is -2.41. The molecule has 122 valence electrons. The number of phenolic OH excluding ortho intramolecular Hbond substituents is 1. The molecule has 0 aromatic heterocycles. The predicted molar refractivity (Wildman–Crippen MR) is 89.5 cm³/mol. The molecule has 0 aliphatic carbocycles. The van der Waals surface area contributed by atoms with Gasteiger partial charge in [-0.1, -0.05) is 18.2 Å². The smallest absolute Gasteiger partial charge is 0.317 e. The van der Waals surface area contributed by atoms with Gasteiger partial charge in [-0.15, -0.1) is 19.0 Å². The number of carbonyl (C=O) groups excluding carboxylic acids is 1. The molecule has 1 N–H and O–H groups in total. The Balaban J connectivity index is 0.00000242. The first-order chi connectivity index (χ1) is 10.1. The topological polar surface area (TPSA) is 49.8 Å². The first kappa shape index (κ1) is 18.5. The normalized spacial score (nSPS) is 21.7. The highest BCUT2D eigenvalue weighted by molar-refractivity contribution is 5.85. The Labute approximate surface area is 138 Å². The molecule has 1 fully saturated rings. The zero-order valence-corrected chi connectivity index (χ0v) is 13.8. The van der Waals surface area contributed by atoms with E-state index in [1.165, 1.54) is 0 Å². The number of phenols is 1. The molecule has 1 atom stereocenters. The summed E-state index contributed by atoms with van der Waals surface area (Å²) in [5, 5.41) is 9.48. The summed E-state index contributed by atoms with van der Waals surface area (Å²) >= 11 is 0. The van der Waals surface area contributed by atoms with Crippen molar-refractivity contribution < 1.29 is 14.6 Å². The molecule has 1 unspecified atom stereocenters. The van der Waals surface area contributed by atoms with Gasteiger partial charge in [0, 0.05) is 13.1 Å². The van der Waals surface area contributed by atoms with Gasteiger partial charge in [-0.3, -0.25) is 9.69 Å². The van der Waals surface area contributed by atoms with Gasteiger partial charge in [0.25, 0.3) is 0 Å². The van der Waals surface area contributed by atoms with Gasteiger partial charge in [0.1, 0.15) is 11.2 Å². The summed E-state index contributed by atoms with van der Waals surface area (Å²) in [5.74, 6) is 0.0287. The number of halogens is 1. The summed E-state index contributed by atoms with van der Waals surface area (Å²) in [4.78, 5) is 14.8. The van der Waals surface area contributed by atoms with Gasteiger partial charge in [0.15, 0.2) is 0 Å². The van der Waals surface area contributed by atoms with Crippen molar-refractivity contribution in [3.05, 3.63) is 42.5 Å². The zero-order valence-electron chi connectivity index (χ0n) is 13.0. The Bertz CT molecular complexity index is 503. The maximum atomic E-state index is 12.6. The van der Waals surface area contributed by atoms with Gasteiger partial charge in [0.05, 0.1) is 6.61 Å². The first-order valence-corrected chi connectivity index (χ1v) is 7.42. The van der Waals surface area contributed by atoms with Crippen LogP contribution in [0.4, 0.5) is 0 Å². The average Bonchev–Trinajstić information content (AvgIpc) is 2.48. The lowest BCUT2D eigenvalue weighted by molar-refractivity contribution is -0.152. The van der Waals surface area contributed by atoms with E-state index in [9.17, 15) is 9.90 Å². The number of piperidine rings is 1. The molecule has 0 spiro atoms. The van der Waals surface area contributed by atoms with Crippen molar-refractivity contribution in [2.45, 2.75) is 25.2 Å². The number of carbonyl (C=O) groups is 1. The molecule has 0 bridgehead atoms. The van der Waals surface area contributed by atoms with Crippen LogP contribution in [0.15, 0.2) is 36.9 Å². The largest absolute Gasteiger partial charge is 0.508 e. The van der Waals surface area contributed by atoms with Gasteiger partial charge in [0.2, 0.25) is 0 Å². The highest BCUT2D eigenvalue weighted by atomic mass is 35.5. The van der Waals surface area contributed by atoms with Crippen LogP contribution in [0.1, 0.15) is 25.3 Å². The molecule has 0 radical (unpaired) electrons. The van der Waals surface area contributed by atoms with E-state index in [2.05, 4.69) is 11.5 Å². The van der Waals surface area contributed by atoms with E-state index in [4.69, 9.17) is 4.74 Å². The lowest BCUT2D eigenvalue weighted by Crippen LogP contribution is -2.51. The lowest BCUT2D eigenvalue weighted by atomic mass is 9.74. The van der Waals surface area contributed by atoms with Crippen LogP contribution >= 0.6 is 12.4 Å². The fourth-order valence-corrected chi connectivity index (χ4v) is 3.05. The van der Waals surface area contributed by atoms with Crippen LogP contribution in [0.25, 0.3) is 0 Å². The molecule has 0 amide bonds. The maximum Gasteiger partial charge on any atom is 0.317 e. The molecule has 1 aliphatic rings. The van der Waals surface area contributed by atoms with Crippen LogP contribution in [-0.2, 0) is 14.9 Å². The summed E-state index contributed by atoms with van der Waals surface area (Å²) in [7, 11) is 0. The van der Waals surface area contributed by atoms with Crippen molar-refractivity contribution in [1.29, 1.82) is 0 Å². The van der Waals surface area contributed by atoms with E-state index >= 15 is 0 Å². The Morgan fingerprint density at radius 2 is 2.14 bits per heavy atom. The molecule has 22 heavy (non-hydrogen) atoms. The van der Waals surface area contributed by atoms with Crippen molar-refractivity contribution in [1.82, 2.24) is 4.90 Å². The van der Waals surface area contributed by atoms with Gasteiger partial charge in [-0.2, -0.15) is 0 Å². The first-order valence-electron chi connectivity index (χ1n) is 7.42. The Kier molecular flexibility index (Phi) is 6.91. The van der Waals surface area contributed by atoms with Crippen molar-refractivity contribution in [2.24, 2.45) is 0 Å². The molecular weight excluding hydrogens is 302 g/mol. The molecule has 1 aliphatic heterocycles. The molecular formula is C17H24ClNO3. The Hall–Kier alpha value is -1.52. The monoisotopic (exact) mass is 325 g/mol. The van der Waals surface area contributed by atoms with Crippen molar-refractivity contribution in [3.8, 4) is 5.75 Å². The third-order valence-electron chi connectivity index (χ3n) is 4.04. The number of hydrogen-bond acceptors (Lipinski definition) is 4. The van der Waals surface area contributed by atoms with Crippen LogP contribution in [0.2, 0.25) is 0 Å². The summed E-state index contributed by atoms with van der Waals surface area (Å²) in [6, 6.07) is 6.90. The molecule has 4 nitrogen and oxygen atoms in total. The van der Waals surface area contributed by atoms with E-state index in [1.807, 2.05) is 25.1 Å². The summed E-state index contributed by atoms with van der Waals surface area (Å²) in [6.07, 6.45) is 3.57. The Morgan fingerprint density at radius 1 is 1.45 bits per heavy atom. The highest BCUT2D eigenvalue weighted by Crippen LogP contribution is 2.36. The van der Waals surface area contributed by atoms with E-state index in [0.717, 1.165) is 31.5 Å². The fourth-order valence-electron chi connectivity index (χ4n) is 3.05. The molecule has 1 aromatic carbocycles. The standard InChI is InChI=1S/C17H23NO3.ClH/c1-3-11-18-12-5-10-17(13-18,16(20)21-4-2)14-6-8-15(19)9-7-14;/h3,6-9,19H,1,4-5,10-13H2,2H3;1H. The van der Waals surface area contributed by atoms with Crippen LogP contribution in [-0.4, -0.2) is 42.2 Å². The number of rotatable bonds is 5. The van der Waals surface area contributed by atoms with Crippen molar-refractivity contribution in [2.75, 3.05) is 26.2 Å². The number of nitrogens with zero attached hydrogens (tertiary/aromatic N) is 1. The number of aromatic hydroxyl groups is 1. The van der Waals surface area contributed by atoms with Crippen LogP contribution < -0.4 is 0 Å². The number of esters is 1. The number of hydrogen-bond donors (Lipinski definition) is 1.